The third-order valence-corrected chi connectivity index (χ3v) is 6.67. The number of rotatable bonds is 42. The lowest BCUT2D eigenvalue weighted by atomic mass is 10.3. The Morgan fingerprint density at radius 1 is 0.339 bits per heavy atom. The van der Waals surface area contributed by atoms with Crippen molar-refractivity contribution in [2.24, 2.45) is 0 Å². The molecule has 0 heterocycles. The minimum Gasteiger partial charge on any atom is -0.460 e. The molecule has 0 spiro atoms. The normalized spacial score (nSPS) is 14.2. The molecule has 0 amide bonds. The summed E-state index contributed by atoms with van der Waals surface area (Å²) < 4.78 is 69.8. The molecule has 0 aromatic carbocycles. The lowest BCUT2D eigenvalue weighted by Crippen LogP contribution is -2.37. The van der Waals surface area contributed by atoms with Crippen LogP contribution in [0.4, 0.5) is 0 Å². The number of aliphatic hydroxyl groups is 4. The predicted octanol–water partition coefficient (Wildman–Crippen LogP) is -1.77. The summed E-state index contributed by atoms with van der Waals surface area (Å²) in [6.07, 6.45) is -1.67. The van der Waals surface area contributed by atoms with Gasteiger partial charge >= 0.3 is 23.9 Å². The van der Waals surface area contributed by atoms with Crippen LogP contribution in [-0.4, -0.2) is 213 Å². The Labute approximate surface area is 344 Å². The zero-order valence-corrected chi connectivity index (χ0v) is 33.5. The second kappa shape index (κ2) is 38.5. The molecule has 21 nitrogen and oxygen atoms in total. The van der Waals surface area contributed by atoms with Gasteiger partial charge < -0.3 is 82.0 Å². The predicted molar refractivity (Wildman–Crippen MR) is 204 cm³/mol. The van der Waals surface area contributed by atoms with Crippen molar-refractivity contribution in [3.05, 3.63) is 50.6 Å². The fraction of sp³-hybridized carbons (Fsp3) is 0.684. The molecule has 0 aliphatic carbocycles. The molecule has 0 aromatic heterocycles. The van der Waals surface area contributed by atoms with Gasteiger partial charge in [-0.25, -0.2) is 19.2 Å². The Hall–Kier alpha value is -3.68. The van der Waals surface area contributed by atoms with Gasteiger partial charge in [0.25, 0.3) is 0 Å². The molecule has 4 N–H and O–H groups in total. The zero-order chi connectivity index (χ0) is 43.9. The summed E-state index contributed by atoms with van der Waals surface area (Å²) in [5, 5.41) is 39.6. The topological polar surface area (TPSA) is 269 Å². The maximum atomic E-state index is 11.2. The number of aliphatic hydroxyl groups excluding tert-OH is 4. The standard InChI is InChI=1S/C38H62O21/c1-5-35(43)55-21-29(39)17-47-9-13-51-25-33(26-52-14-10-48-18-30(40)22-56-36(44)6-2)59-34(27-53-15-11-49-19-31(41)23-57-37(45)7-3)28-54-16-12-50-20-32(42)24-58-38(46)8-4/h5-8,29-34,39-42H,1-4,9-28H2. The summed E-state index contributed by atoms with van der Waals surface area (Å²) in [6, 6.07) is 0. The lowest BCUT2D eigenvalue weighted by Gasteiger charge is -2.25. The molecular formula is C38H62O21. The van der Waals surface area contributed by atoms with Crippen LogP contribution < -0.4 is 0 Å². The quantitative estimate of drug-likeness (QED) is 0.0229. The Morgan fingerprint density at radius 3 is 0.712 bits per heavy atom. The molecule has 340 valence electrons. The van der Waals surface area contributed by atoms with Gasteiger partial charge in [0.15, 0.2) is 0 Å². The molecule has 59 heavy (non-hydrogen) atoms. The van der Waals surface area contributed by atoms with Gasteiger partial charge in [0.05, 0.1) is 106 Å². The zero-order valence-electron chi connectivity index (χ0n) is 33.5. The van der Waals surface area contributed by atoms with Crippen molar-refractivity contribution in [3.63, 3.8) is 0 Å². The highest BCUT2D eigenvalue weighted by Gasteiger charge is 2.20. The molecule has 0 radical (unpaired) electrons. The minimum atomic E-state index is -1.05. The van der Waals surface area contributed by atoms with Gasteiger partial charge in [-0.05, 0) is 0 Å². The van der Waals surface area contributed by atoms with Crippen LogP contribution in [0.25, 0.3) is 0 Å². The average molecular weight is 855 g/mol. The van der Waals surface area contributed by atoms with Crippen molar-refractivity contribution < 1.29 is 101 Å². The summed E-state index contributed by atoms with van der Waals surface area (Å²) in [5.41, 5.74) is 0. The van der Waals surface area contributed by atoms with Crippen LogP contribution in [0.2, 0.25) is 0 Å². The van der Waals surface area contributed by atoms with E-state index < -0.39 is 60.5 Å². The first-order chi connectivity index (χ1) is 28.4. The largest absolute Gasteiger partial charge is 0.460 e. The number of esters is 4. The van der Waals surface area contributed by atoms with Gasteiger partial charge in [-0.1, -0.05) is 26.3 Å². The third kappa shape index (κ3) is 35.9. The molecule has 0 rings (SSSR count). The average Bonchev–Trinajstić information content (AvgIpc) is 3.24. The van der Waals surface area contributed by atoms with Crippen LogP contribution in [-0.2, 0) is 80.8 Å². The molecule has 0 bridgehead atoms. The van der Waals surface area contributed by atoms with Crippen LogP contribution >= 0.6 is 0 Å². The highest BCUT2D eigenvalue weighted by atomic mass is 16.6. The number of carbonyl (C=O) groups is 4. The molecule has 0 saturated carbocycles. The Kier molecular flexibility index (Phi) is 36.1. The number of carbonyl (C=O) groups excluding carboxylic acids is 4. The second-order valence-electron chi connectivity index (χ2n) is 11.9. The highest BCUT2D eigenvalue weighted by molar-refractivity contribution is 5.82. The molecule has 0 aromatic rings. The van der Waals surface area contributed by atoms with E-state index in [4.69, 9.17) is 61.6 Å². The summed E-state index contributed by atoms with van der Waals surface area (Å²) in [6.45, 7) is 12.4. The van der Waals surface area contributed by atoms with Crippen molar-refractivity contribution in [1.82, 2.24) is 0 Å². The van der Waals surface area contributed by atoms with E-state index in [0.717, 1.165) is 24.3 Å². The van der Waals surface area contributed by atoms with E-state index in [2.05, 4.69) is 26.3 Å². The van der Waals surface area contributed by atoms with Crippen LogP contribution in [0, 0.1) is 0 Å². The SMILES string of the molecule is C=CC(=O)OCC(O)COCCOCC(COCCOCC(O)COC(=O)C=C)OC(COCCOCC(O)COC(=O)C=C)COCCOCC(O)COC(=O)C=C. The monoisotopic (exact) mass is 854 g/mol. The molecule has 21 heteroatoms. The van der Waals surface area contributed by atoms with Gasteiger partial charge in [0.2, 0.25) is 0 Å². The summed E-state index contributed by atoms with van der Waals surface area (Å²) in [7, 11) is 0. The highest BCUT2D eigenvalue weighted by Crippen LogP contribution is 2.06. The van der Waals surface area contributed by atoms with Gasteiger partial charge in [-0.2, -0.15) is 0 Å². The smallest absolute Gasteiger partial charge is 0.330 e. The van der Waals surface area contributed by atoms with E-state index in [-0.39, 0.29) is 132 Å². The number of ether oxygens (including phenoxy) is 13. The van der Waals surface area contributed by atoms with E-state index in [1.807, 2.05) is 0 Å². The molecule has 4 atom stereocenters. The summed E-state index contributed by atoms with van der Waals surface area (Å²) in [5.74, 6) is -2.69. The van der Waals surface area contributed by atoms with Crippen LogP contribution in [0.15, 0.2) is 50.6 Å². The molecule has 0 aliphatic rings. The molecule has 4 unspecified atom stereocenters. The molecule has 0 saturated heterocycles. The van der Waals surface area contributed by atoms with Crippen molar-refractivity contribution in [2.75, 3.05) is 132 Å². The number of hydrogen-bond acceptors (Lipinski definition) is 21. The number of hydrogen-bond donors (Lipinski definition) is 4. The van der Waals surface area contributed by atoms with Crippen molar-refractivity contribution in [1.29, 1.82) is 0 Å². The first-order valence-corrected chi connectivity index (χ1v) is 18.6. The van der Waals surface area contributed by atoms with E-state index in [0.29, 0.717) is 0 Å². The van der Waals surface area contributed by atoms with Crippen molar-refractivity contribution >= 4 is 23.9 Å². The fourth-order valence-corrected chi connectivity index (χ4v) is 3.87. The van der Waals surface area contributed by atoms with Gasteiger partial charge in [-0.3, -0.25) is 0 Å². The maximum Gasteiger partial charge on any atom is 0.330 e. The first-order valence-electron chi connectivity index (χ1n) is 18.6. The van der Waals surface area contributed by atoms with Crippen LogP contribution in [0.1, 0.15) is 0 Å². The van der Waals surface area contributed by atoms with Gasteiger partial charge in [-0.15, -0.1) is 0 Å². The van der Waals surface area contributed by atoms with E-state index in [1.165, 1.54) is 0 Å². The van der Waals surface area contributed by atoms with Crippen molar-refractivity contribution in [3.8, 4) is 0 Å². The summed E-state index contributed by atoms with van der Waals surface area (Å²) in [4.78, 5) is 44.7. The lowest BCUT2D eigenvalue weighted by molar-refractivity contribution is -0.144. The van der Waals surface area contributed by atoms with Crippen LogP contribution in [0.5, 0.6) is 0 Å². The Bertz CT molecular complexity index is 982. The third-order valence-electron chi connectivity index (χ3n) is 6.67. The Morgan fingerprint density at radius 2 is 0.525 bits per heavy atom. The van der Waals surface area contributed by atoms with Gasteiger partial charge in [0.1, 0.15) is 63.1 Å². The maximum absolute atomic E-state index is 11.2. The molecule has 0 aliphatic heterocycles. The van der Waals surface area contributed by atoms with E-state index in [1.54, 1.807) is 0 Å². The first kappa shape index (κ1) is 55.3. The second-order valence-corrected chi connectivity index (χ2v) is 11.9. The van der Waals surface area contributed by atoms with E-state index >= 15 is 0 Å². The summed E-state index contributed by atoms with van der Waals surface area (Å²) >= 11 is 0. The van der Waals surface area contributed by atoms with Crippen molar-refractivity contribution in [2.45, 2.75) is 36.6 Å². The molecular weight excluding hydrogens is 792 g/mol. The van der Waals surface area contributed by atoms with E-state index in [9.17, 15) is 39.6 Å². The minimum absolute atomic E-state index is 0.0163. The van der Waals surface area contributed by atoms with Crippen LogP contribution in [0.3, 0.4) is 0 Å². The molecule has 0 fully saturated rings. The fourth-order valence-electron chi connectivity index (χ4n) is 3.87. The van der Waals surface area contributed by atoms with Gasteiger partial charge in [0, 0.05) is 24.3 Å². The Balaban J connectivity index is 5.20.